The summed E-state index contributed by atoms with van der Waals surface area (Å²) in [4.78, 5) is 23.6. The third kappa shape index (κ3) is 3.73. The van der Waals surface area contributed by atoms with Crippen molar-refractivity contribution in [2.45, 2.75) is 38.7 Å². The number of hydrogen-bond donors (Lipinski definition) is 0. The van der Waals surface area contributed by atoms with Crippen molar-refractivity contribution in [1.82, 2.24) is 0 Å². The summed E-state index contributed by atoms with van der Waals surface area (Å²) in [5.74, 6) is 0.854. The predicted octanol–water partition coefficient (Wildman–Crippen LogP) is 3.43. The molecular formula is C18H20O5. The second-order valence-corrected chi connectivity index (χ2v) is 5.97. The zero-order valence-electron chi connectivity index (χ0n) is 13.2. The molecule has 0 saturated heterocycles. The number of methoxy groups -OCH3 is 1. The van der Waals surface area contributed by atoms with Crippen LogP contribution in [0, 0.1) is 5.92 Å². The molecule has 0 unspecified atom stereocenters. The summed E-state index contributed by atoms with van der Waals surface area (Å²) in [5.41, 5.74) is 0.616. The molecule has 122 valence electrons. The second kappa shape index (κ2) is 6.86. The monoisotopic (exact) mass is 316 g/mol. The van der Waals surface area contributed by atoms with Gasteiger partial charge in [0, 0.05) is 29.5 Å². The largest absolute Gasteiger partial charge is 0.497 e. The normalized spacial score (nSPS) is 15.0. The third-order valence-corrected chi connectivity index (χ3v) is 4.36. The number of ether oxygens (including phenoxy) is 2. The first kappa shape index (κ1) is 15.6. The standard InChI is InChI=1S/C18H20O5/c1-21-14-6-7-15-13(9-18(20)23-16(15)10-14)11-22-17(19)8-12-4-2-3-5-12/h6-7,9-10,12H,2-5,8,11H2,1H3. The molecule has 1 saturated carbocycles. The Labute approximate surface area is 134 Å². The summed E-state index contributed by atoms with van der Waals surface area (Å²) in [5, 5.41) is 0.749. The number of carbonyl (C=O) groups is 1. The molecule has 1 aliphatic rings. The van der Waals surface area contributed by atoms with Crippen LogP contribution in [0.1, 0.15) is 37.7 Å². The van der Waals surface area contributed by atoms with Gasteiger partial charge < -0.3 is 13.9 Å². The number of esters is 1. The molecule has 0 N–H and O–H groups in total. The van der Waals surface area contributed by atoms with Crippen molar-refractivity contribution >= 4 is 16.9 Å². The molecule has 23 heavy (non-hydrogen) atoms. The minimum absolute atomic E-state index is 0.0833. The summed E-state index contributed by atoms with van der Waals surface area (Å²) < 4.78 is 15.7. The van der Waals surface area contributed by atoms with E-state index in [4.69, 9.17) is 13.9 Å². The lowest BCUT2D eigenvalue weighted by molar-refractivity contribution is -0.146. The van der Waals surface area contributed by atoms with Crippen LogP contribution in [0.15, 0.2) is 33.5 Å². The zero-order chi connectivity index (χ0) is 16.2. The number of rotatable bonds is 5. The van der Waals surface area contributed by atoms with Crippen LogP contribution in [0.4, 0.5) is 0 Å². The molecule has 2 aromatic rings. The van der Waals surface area contributed by atoms with Crippen molar-refractivity contribution in [3.63, 3.8) is 0 Å². The molecule has 5 heteroatoms. The van der Waals surface area contributed by atoms with E-state index in [2.05, 4.69) is 0 Å². The summed E-state index contributed by atoms with van der Waals surface area (Å²) in [6.45, 7) is 0.0833. The maximum absolute atomic E-state index is 12.0. The van der Waals surface area contributed by atoms with Gasteiger partial charge >= 0.3 is 11.6 Å². The van der Waals surface area contributed by atoms with Crippen molar-refractivity contribution in [3.8, 4) is 5.75 Å². The molecule has 1 aliphatic carbocycles. The molecule has 5 nitrogen and oxygen atoms in total. The summed E-state index contributed by atoms with van der Waals surface area (Å²) in [6, 6.07) is 6.61. The lowest BCUT2D eigenvalue weighted by Gasteiger charge is -2.10. The van der Waals surface area contributed by atoms with Gasteiger partial charge in [0.15, 0.2) is 0 Å². The fourth-order valence-corrected chi connectivity index (χ4v) is 3.12. The van der Waals surface area contributed by atoms with Crippen LogP contribution in [0.2, 0.25) is 0 Å². The predicted molar refractivity (Wildman–Crippen MR) is 85.4 cm³/mol. The van der Waals surface area contributed by atoms with Crippen LogP contribution in [0.5, 0.6) is 5.75 Å². The minimum atomic E-state index is -0.465. The number of carbonyl (C=O) groups excluding carboxylic acids is 1. The molecular weight excluding hydrogens is 296 g/mol. The van der Waals surface area contributed by atoms with Gasteiger partial charge in [0.25, 0.3) is 0 Å². The first-order valence-electron chi connectivity index (χ1n) is 7.92. The lowest BCUT2D eigenvalue weighted by Crippen LogP contribution is -2.10. The Morgan fingerprint density at radius 2 is 2.04 bits per heavy atom. The van der Waals surface area contributed by atoms with Gasteiger partial charge in [-0.2, -0.15) is 0 Å². The van der Waals surface area contributed by atoms with E-state index in [9.17, 15) is 9.59 Å². The molecule has 0 bridgehead atoms. The highest BCUT2D eigenvalue weighted by atomic mass is 16.5. The van der Waals surface area contributed by atoms with Gasteiger partial charge in [-0.3, -0.25) is 4.79 Å². The number of hydrogen-bond acceptors (Lipinski definition) is 5. The van der Waals surface area contributed by atoms with Crippen molar-refractivity contribution < 1.29 is 18.7 Å². The third-order valence-electron chi connectivity index (χ3n) is 4.36. The first-order valence-corrected chi connectivity index (χ1v) is 7.92. The highest BCUT2D eigenvalue weighted by molar-refractivity contribution is 5.81. The van der Waals surface area contributed by atoms with E-state index < -0.39 is 5.63 Å². The lowest BCUT2D eigenvalue weighted by atomic mass is 10.0. The molecule has 0 aliphatic heterocycles. The van der Waals surface area contributed by atoms with Gasteiger partial charge in [-0.15, -0.1) is 0 Å². The van der Waals surface area contributed by atoms with E-state index in [0.717, 1.165) is 18.2 Å². The topological polar surface area (TPSA) is 65.7 Å². The highest BCUT2D eigenvalue weighted by Crippen LogP contribution is 2.28. The van der Waals surface area contributed by atoms with Crippen molar-refractivity contribution in [2.75, 3.05) is 7.11 Å². The van der Waals surface area contributed by atoms with Crippen LogP contribution in [-0.2, 0) is 16.1 Å². The minimum Gasteiger partial charge on any atom is -0.497 e. The van der Waals surface area contributed by atoms with E-state index in [1.54, 1.807) is 25.3 Å². The average Bonchev–Trinajstić information content (AvgIpc) is 3.04. The van der Waals surface area contributed by atoms with E-state index in [1.165, 1.54) is 18.9 Å². The van der Waals surface area contributed by atoms with Gasteiger partial charge in [0.1, 0.15) is 17.9 Å². The van der Waals surface area contributed by atoms with Crippen LogP contribution in [-0.4, -0.2) is 13.1 Å². The zero-order valence-corrected chi connectivity index (χ0v) is 13.2. The Kier molecular flexibility index (Phi) is 4.65. The summed E-state index contributed by atoms with van der Waals surface area (Å²) in [7, 11) is 1.55. The smallest absolute Gasteiger partial charge is 0.336 e. The molecule has 1 aromatic heterocycles. The van der Waals surface area contributed by atoms with Crippen LogP contribution in [0.25, 0.3) is 11.0 Å². The van der Waals surface area contributed by atoms with Crippen molar-refractivity contribution in [2.24, 2.45) is 5.92 Å². The fourth-order valence-electron chi connectivity index (χ4n) is 3.12. The first-order chi connectivity index (χ1) is 11.2. The van der Waals surface area contributed by atoms with Crippen molar-refractivity contribution in [1.29, 1.82) is 0 Å². The van der Waals surface area contributed by atoms with Crippen LogP contribution >= 0.6 is 0 Å². The Morgan fingerprint density at radius 1 is 1.26 bits per heavy atom. The second-order valence-electron chi connectivity index (χ2n) is 5.97. The van der Waals surface area contributed by atoms with Gasteiger partial charge in [-0.1, -0.05) is 12.8 Å². The van der Waals surface area contributed by atoms with E-state index in [0.29, 0.717) is 29.2 Å². The maximum atomic E-state index is 12.0. The van der Waals surface area contributed by atoms with E-state index in [1.807, 2.05) is 0 Å². The SMILES string of the molecule is COc1ccc2c(COC(=O)CC3CCCC3)cc(=O)oc2c1. The Balaban J connectivity index is 1.74. The summed E-state index contributed by atoms with van der Waals surface area (Å²) >= 11 is 0. The fraction of sp³-hybridized carbons (Fsp3) is 0.444. The molecule has 0 amide bonds. The van der Waals surface area contributed by atoms with Gasteiger partial charge in [0.2, 0.25) is 0 Å². The van der Waals surface area contributed by atoms with Gasteiger partial charge in [-0.05, 0) is 30.9 Å². The van der Waals surface area contributed by atoms with E-state index >= 15 is 0 Å². The summed E-state index contributed by atoms with van der Waals surface area (Å²) in [6.07, 6.45) is 5.07. The van der Waals surface area contributed by atoms with Gasteiger partial charge in [-0.25, -0.2) is 4.79 Å². The average molecular weight is 316 g/mol. The molecule has 0 spiro atoms. The number of fused-ring (bicyclic) bond motifs is 1. The Bertz CT molecular complexity index is 756. The Hall–Kier alpha value is -2.30. The number of benzene rings is 1. The highest BCUT2D eigenvalue weighted by Gasteiger charge is 2.19. The maximum Gasteiger partial charge on any atom is 0.336 e. The Morgan fingerprint density at radius 3 is 2.78 bits per heavy atom. The molecule has 3 rings (SSSR count). The van der Waals surface area contributed by atoms with Crippen LogP contribution in [0.3, 0.4) is 0 Å². The molecule has 0 radical (unpaired) electrons. The quantitative estimate of drug-likeness (QED) is 0.624. The molecule has 1 heterocycles. The van der Waals surface area contributed by atoms with Crippen LogP contribution < -0.4 is 10.4 Å². The molecule has 0 atom stereocenters. The molecule has 1 aromatic carbocycles. The van der Waals surface area contributed by atoms with E-state index in [-0.39, 0.29) is 12.6 Å². The molecule has 1 fully saturated rings. The van der Waals surface area contributed by atoms with Gasteiger partial charge in [0.05, 0.1) is 7.11 Å². The van der Waals surface area contributed by atoms with Crippen molar-refractivity contribution in [3.05, 3.63) is 40.2 Å².